The van der Waals surface area contributed by atoms with Crippen molar-refractivity contribution in [1.82, 2.24) is 9.55 Å². The molecule has 0 spiro atoms. The zero-order valence-electron chi connectivity index (χ0n) is 10.3. The molecule has 1 unspecified atom stereocenters. The van der Waals surface area contributed by atoms with Crippen molar-refractivity contribution < 1.29 is 0 Å². The molecule has 2 aromatic rings. The summed E-state index contributed by atoms with van der Waals surface area (Å²) in [4.78, 5) is 4.67. The maximum absolute atomic E-state index is 6.13. The van der Waals surface area contributed by atoms with Crippen LogP contribution in [0.4, 0.5) is 0 Å². The molecule has 1 atom stereocenters. The predicted molar refractivity (Wildman–Crippen MR) is 74.9 cm³/mol. The number of hydrogen-bond acceptors (Lipinski definition) is 2. The van der Waals surface area contributed by atoms with E-state index in [1.807, 2.05) is 6.07 Å². The molecule has 1 aromatic heterocycles. The van der Waals surface area contributed by atoms with Gasteiger partial charge in [-0.15, -0.1) is 0 Å². The van der Waals surface area contributed by atoms with Crippen molar-refractivity contribution in [3.05, 3.63) is 28.5 Å². The Bertz CT molecular complexity index is 519. The lowest BCUT2D eigenvalue weighted by molar-refractivity contribution is 0.576. The van der Waals surface area contributed by atoms with Gasteiger partial charge in [0.2, 0.25) is 0 Å². The van der Waals surface area contributed by atoms with Crippen LogP contribution in [0.1, 0.15) is 38.6 Å². The summed E-state index contributed by atoms with van der Waals surface area (Å²) in [6.07, 6.45) is 2.00. The molecule has 4 heteroatoms. The van der Waals surface area contributed by atoms with Gasteiger partial charge in [-0.3, -0.25) is 0 Å². The molecule has 0 aliphatic carbocycles. The summed E-state index contributed by atoms with van der Waals surface area (Å²) in [5, 5.41) is 0. The Hall–Kier alpha value is -0.870. The number of imidazole rings is 1. The Kier molecular flexibility index (Phi) is 3.84. The lowest BCUT2D eigenvalue weighted by Gasteiger charge is -2.12. The van der Waals surface area contributed by atoms with Crippen LogP contribution in [0.25, 0.3) is 11.0 Å². The van der Waals surface area contributed by atoms with Gasteiger partial charge in [0, 0.05) is 11.0 Å². The van der Waals surface area contributed by atoms with Crippen molar-refractivity contribution in [3.63, 3.8) is 0 Å². The minimum absolute atomic E-state index is 0.0210. The van der Waals surface area contributed by atoms with E-state index in [1.54, 1.807) is 0 Å². The van der Waals surface area contributed by atoms with Crippen LogP contribution in [-0.4, -0.2) is 9.55 Å². The number of rotatable bonds is 4. The maximum Gasteiger partial charge on any atom is 0.126 e. The van der Waals surface area contributed by atoms with Gasteiger partial charge in [-0.25, -0.2) is 4.98 Å². The van der Waals surface area contributed by atoms with Crippen molar-refractivity contribution in [2.75, 3.05) is 0 Å². The zero-order chi connectivity index (χ0) is 12.4. The second kappa shape index (κ2) is 5.19. The highest BCUT2D eigenvalue weighted by molar-refractivity contribution is 9.10. The summed E-state index contributed by atoms with van der Waals surface area (Å²) in [5.41, 5.74) is 8.33. The van der Waals surface area contributed by atoms with E-state index in [0.717, 1.165) is 35.2 Å². The number of hydrogen-bond donors (Lipinski definition) is 1. The van der Waals surface area contributed by atoms with Gasteiger partial charge in [0.05, 0.1) is 17.1 Å². The number of fused-ring (bicyclic) bond motifs is 1. The third-order valence-corrected chi connectivity index (χ3v) is 3.45. The lowest BCUT2D eigenvalue weighted by atomic mass is 10.2. The lowest BCUT2D eigenvalue weighted by Crippen LogP contribution is -2.15. The summed E-state index contributed by atoms with van der Waals surface area (Å²) in [5.74, 6) is 1.00. The predicted octanol–water partition coefficient (Wildman–Crippen LogP) is 3.62. The van der Waals surface area contributed by atoms with E-state index >= 15 is 0 Å². The van der Waals surface area contributed by atoms with Gasteiger partial charge >= 0.3 is 0 Å². The first-order valence-corrected chi connectivity index (χ1v) is 6.88. The van der Waals surface area contributed by atoms with E-state index in [0.29, 0.717) is 0 Å². The second-order valence-corrected chi connectivity index (χ2v) is 5.19. The van der Waals surface area contributed by atoms with Gasteiger partial charge in [-0.1, -0.05) is 29.8 Å². The molecule has 0 saturated heterocycles. The van der Waals surface area contributed by atoms with Crippen molar-refractivity contribution >= 4 is 27.0 Å². The molecule has 0 fully saturated rings. The molecule has 2 N–H and O–H groups in total. The Labute approximate surface area is 110 Å². The number of nitrogens with zero attached hydrogens (tertiary/aromatic N) is 2. The Morgan fingerprint density at radius 1 is 1.41 bits per heavy atom. The molecule has 0 bridgehead atoms. The molecular formula is C13H18BrN3. The van der Waals surface area contributed by atoms with Gasteiger partial charge in [0.1, 0.15) is 5.82 Å². The topological polar surface area (TPSA) is 43.8 Å². The number of nitrogens with two attached hydrogens (primary N) is 1. The van der Waals surface area contributed by atoms with Crippen LogP contribution in [0, 0.1) is 0 Å². The van der Waals surface area contributed by atoms with E-state index in [4.69, 9.17) is 5.73 Å². The highest BCUT2D eigenvalue weighted by Gasteiger charge is 2.15. The van der Waals surface area contributed by atoms with Crippen LogP contribution in [0.15, 0.2) is 22.7 Å². The quantitative estimate of drug-likeness (QED) is 0.936. The third kappa shape index (κ3) is 2.38. The molecule has 0 saturated carbocycles. The van der Waals surface area contributed by atoms with Gasteiger partial charge < -0.3 is 10.3 Å². The van der Waals surface area contributed by atoms with E-state index in [9.17, 15) is 0 Å². The maximum atomic E-state index is 6.13. The highest BCUT2D eigenvalue weighted by atomic mass is 79.9. The van der Waals surface area contributed by atoms with Crippen LogP contribution in [0.2, 0.25) is 0 Å². The van der Waals surface area contributed by atoms with E-state index < -0.39 is 0 Å². The summed E-state index contributed by atoms with van der Waals surface area (Å²) >= 11 is 3.48. The summed E-state index contributed by atoms with van der Waals surface area (Å²) in [6.45, 7) is 5.24. The standard InChI is InChI=1S/C13H18BrN3/c1-3-7-17-12-6-5-9(14)8-11(12)16-13(17)10(15)4-2/h5-6,8,10H,3-4,7,15H2,1-2H3. The van der Waals surface area contributed by atoms with Crippen LogP contribution in [0.5, 0.6) is 0 Å². The first-order chi connectivity index (χ1) is 8.17. The number of benzene rings is 1. The smallest absolute Gasteiger partial charge is 0.126 e. The number of aryl methyl sites for hydroxylation is 1. The molecule has 0 amide bonds. The van der Waals surface area contributed by atoms with E-state index in [2.05, 4.69) is 51.5 Å². The monoisotopic (exact) mass is 295 g/mol. The van der Waals surface area contributed by atoms with Crippen LogP contribution in [0.3, 0.4) is 0 Å². The average Bonchev–Trinajstić information content (AvgIpc) is 2.67. The summed E-state index contributed by atoms with van der Waals surface area (Å²) < 4.78 is 3.30. The Morgan fingerprint density at radius 2 is 2.18 bits per heavy atom. The number of aromatic nitrogens is 2. The van der Waals surface area contributed by atoms with E-state index in [-0.39, 0.29) is 6.04 Å². The zero-order valence-corrected chi connectivity index (χ0v) is 11.9. The minimum Gasteiger partial charge on any atom is -0.327 e. The Balaban J connectivity index is 2.61. The fourth-order valence-electron chi connectivity index (χ4n) is 2.05. The second-order valence-electron chi connectivity index (χ2n) is 4.27. The van der Waals surface area contributed by atoms with Gasteiger partial charge in [0.25, 0.3) is 0 Å². The molecule has 3 nitrogen and oxygen atoms in total. The fourth-order valence-corrected chi connectivity index (χ4v) is 2.39. The van der Waals surface area contributed by atoms with Crippen LogP contribution in [-0.2, 0) is 6.54 Å². The molecule has 1 aromatic carbocycles. The first kappa shape index (κ1) is 12.6. The van der Waals surface area contributed by atoms with Gasteiger partial charge in [-0.05, 0) is 31.0 Å². The van der Waals surface area contributed by atoms with Crippen LogP contribution >= 0.6 is 15.9 Å². The highest BCUT2D eigenvalue weighted by Crippen LogP contribution is 2.24. The van der Waals surface area contributed by atoms with Crippen molar-refractivity contribution in [2.24, 2.45) is 5.73 Å². The molecule has 1 heterocycles. The van der Waals surface area contributed by atoms with Crippen molar-refractivity contribution in [2.45, 2.75) is 39.3 Å². The summed E-state index contributed by atoms with van der Waals surface area (Å²) in [7, 11) is 0. The summed E-state index contributed by atoms with van der Waals surface area (Å²) in [6, 6.07) is 6.23. The Morgan fingerprint density at radius 3 is 2.82 bits per heavy atom. The molecule has 17 heavy (non-hydrogen) atoms. The number of halogens is 1. The molecule has 0 aliphatic rings. The average molecular weight is 296 g/mol. The SMILES string of the molecule is CCCn1c(C(N)CC)nc2cc(Br)ccc21. The molecule has 0 aliphatic heterocycles. The first-order valence-electron chi connectivity index (χ1n) is 6.08. The van der Waals surface area contributed by atoms with Crippen molar-refractivity contribution in [1.29, 1.82) is 0 Å². The fraction of sp³-hybridized carbons (Fsp3) is 0.462. The van der Waals surface area contributed by atoms with E-state index in [1.165, 1.54) is 5.52 Å². The third-order valence-electron chi connectivity index (χ3n) is 2.96. The van der Waals surface area contributed by atoms with Gasteiger partial charge in [-0.2, -0.15) is 0 Å². The molecular weight excluding hydrogens is 278 g/mol. The molecule has 0 radical (unpaired) electrons. The van der Waals surface area contributed by atoms with Gasteiger partial charge in [0.15, 0.2) is 0 Å². The van der Waals surface area contributed by atoms with Crippen LogP contribution < -0.4 is 5.73 Å². The van der Waals surface area contributed by atoms with Crippen molar-refractivity contribution in [3.8, 4) is 0 Å². The minimum atomic E-state index is 0.0210. The molecule has 2 rings (SSSR count). The largest absolute Gasteiger partial charge is 0.327 e. The molecule has 92 valence electrons. The normalized spacial score (nSPS) is 13.2.